The number of aryl methyl sites for hydroxylation is 1. The first-order valence-electron chi connectivity index (χ1n) is 10.4. The van der Waals surface area contributed by atoms with E-state index in [-0.39, 0.29) is 23.3 Å². The lowest BCUT2D eigenvalue weighted by Crippen LogP contribution is -2.30. The van der Waals surface area contributed by atoms with Crippen molar-refractivity contribution in [2.45, 2.75) is 26.8 Å². The second-order valence-electron chi connectivity index (χ2n) is 7.91. The van der Waals surface area contributed by atoms with Gasteiger partial charge in [-0.25, -0.2) is 18.4 Å². The molecule has 1 aliphatic rings. The second-order valence-corrected chi connectivity index (χ2v) is 11.1. The number of rotatable bonds is 7. The molecule has 1 fully saturated rings. The van der Waals surface area contributed by atoms with E-state index in [1.165, 1.54) is 17.7 Å². The van der Waals surface area contributed by atoms with Crippen LogP contribution in [0.15, 0.2) is 36.7 Å². The minimum Gasteiger partial charge on any atom is -0.369 e. The molecule has 3 aromatic rings. The van der Waals surface area contributed by atoms with Crippen LogP contribution in [0, 0.1) is 12.8 Å². The van der Waals surface area contributed by atoms with Crippen molar-refractivity contribution in [1.82, 2.24) is 14.9 Å². The van der Waals surface area contributed by atoms with Gasteiger partial charge in [-0.3, -0.25) is 4.79 Å². The van der Waals surface area contributed by atoms with Gasteiger partial charge in [0.05, 0.1) is 21.8 Å². The molecule has 0 radical (unpaired) electrons. The standard InChI is InChI=1S/C22H26N4O3S2/c1-3-26(12-16-7-5-4-6-8-16)22(27)19-15(2)18-20(24-14-25-21(18)30-19)23-11-17-9-10-31(28,29)13-17/h4-8,14,17H,3,9-13H2,1-2H3,(H,23,24,25). The lowest BCUT2D eigenvalue weighted by atomic mass is 10.1. The fourth-order valence-corrected chi connectivity index (χ4v) is 6.94. The Morgan fingerprint density at radius 2 is 2.03 bits per heavy atom. The van der Waals surface area contributed by atoms with Crippen LogP contribution in [0.4, 0.5) is 5.82 Å². The molecule has 1 saturated heterocycles. The number of fused-ring (bicyclic) bond motifs is 1. The molecular weight excluding hydrogens is 432 g/mol. The summed E-state index contributed by atoms with van der Waals surface area (Å²) >= 11 is 1.38. The van der Waals surface area contributed by atoms with Gasteiger partial charge in [0.1, 0.15) is 17.0 Å². The first-order valence-corrected chi connectivity index (χ1v) is 13.0. The number of nitrogens with zero attached hydrogens (tertiary/aromatic N) is 3. The molecule has 1 amide bonds. The van der Waals surface area contributed by atoms with E-state index in [4.69, 9.17) is 0 Å². The van der Waals surface area contributed by atoms with Crippen LogP contribution in [0.5, 0.6) is 0 Å². The van der Waals surface area contributed by atoms with Gasteiger partial charge in [0.15, 0.2) is 9.84 Å². The highest BCUT2D eigenvalue weighted by molar-refractivity contribution is 7.91. The Morgan fingerprint density at radius 1 is 1.26 bits per heavy atom. The van der Waals surface area contributed by atoms with Crippen LogP contribution in [0.1, 0.15) is 34.1 Å². The van der Waals surface area contributed by atoms with Crippen molar-refractivity contribution in [3.63, 3.8) is 0 Å². The van der Waals surface area contributed by atoms with Gasteiger partial charge in [0, 0.05) is 19.6 Å². The van der Waals surface area contributed by atoms with Gasteiger partial charge in [-0.2, -0.15) is 0 Å². The van der Waals surface area contributed by atoms with E-state index in [1.807, 2.05) is 49.1 Å². The molecule has 0 spiro atoms. The Morgan fingerprint density at radius 3 is 2.71 bits per heavy atom. The van der Waals surface area contributed by atoms with Crippen molar-refractivity contribution in [3.8, 4) is 0 Å². The number of sulfone groups is 1. The van der Waals surface area contributed by atoms with Crippen LogP contribution >= 0.6 is 11.3 Å². The maximum Gasteiger partial charge on any atom is 0.264 e. The summed E-state index contributed by atoms with van der Waals surface area (Å²) in [7, 11) is -2.92. The highest BCUT2D eigenvalue weighted by Gasteiger charge is 2.28. The van der Waals surface area contributed by atoms with Crippen molar-refractivity contribution in [3.05, 3.63) is 52.7 Å². The molecule has 9 heteroatoms. The third kappa shape index (κ3) is 4.72. The molecule has 1 aliphatic heterocycles. The summed E-state index contributed by atoms with van der Waals surface area (Å²) in [5.41, 5.74) is 1.95. The quantitative estimate of drug-likeness (QED) is 0.583. The third-order valence-electron chi connectivity index (χ3n) is 5.69. The van der Waals surface area contributed by atoms with Gasteiger partial charge < -0.3 is 10.2 Å². The molecule has 1 N–H and O–H groups in total. The average molecular weight is 459 g/mol. The minimum atomic E-state index is -2.92. The fourth-order valence-electron chi connectivity index (χ4n) is 3.96. The summed E-state index contributed by atoms with van der Waals surface area (Å²) < 4.78 is 23.5. The monoisotopic (exact) mass is 458 g/mol. The summed E-state index contributed by atoms with van der Waals surface area (Å²) in [4.78, 5) is 25.3. The molecule has 31 heavy (non-hydrogen) atoms. The highest BCUT2D eigenvalue weighted by atomic mass is 32.2. The van der Waals surface area contributed by atoms with Crippen molar-refractivity contribution >= 4 is 43.1 Å². The van der Waals surface area contributed by atoms with Gasteiger partial charge >= 0.3 is 0 Å². The van der Waals surface area contributed by atoms with E-state index in [0.29, 0.717) is 36.8 Å². The predicted molar refractivity (Wildman–Crippen MR) is 124 cm³/mol. The van der Waals surface area contributed by atoms with E-state index in [9.17, 15) is 13.2 Å². The lowest BCUT2D eigenvalue weighted by molar-refractivity contribution is 0.0757. The number of amides is 1. The Balaban J connectivity index is 1.57. The molecule has 1 aromatic carbocycles. The number of thiophene rings is 1. The second kappa shape index (κ2) is 8.92. The minimum absolute atomic E-state index is 0.0142. The Labute approximate surface area is 186 Å². The molecule has 3 heterocycles. The first-order chi connectivity index (χ1) is 14.9. The molecule has 0 saturated carbocycles. The van der Waals surface area contributed by atoms with Crippen LogP contribution in [0.2, 0.25) is 0 Å². The zero-order valence-corrected chi connectivity index (χ0v) is 19.3. The number of benzene rings is 1. The van der Waals surface area contributed by atoms with E-state index in [1.54, 1.807) is 0 Å². The summed E-state index contributed by atoms with van der Waals surface area (Å²) in [5, 5.41) is 4.15. The number of aromatic nitrogens is 2. The van der Waals surface area contributed by atoms with E-state index in [2.05, 4.69) is 15.3 Å². The number of anilines is 1. The molecule has 4 rings (SSSR count). The van der Waals surface area contributed by atoms with Crippen LogP contribution < -0.4 is 5.32 Å². The van der Waals surface area contributed by atoms with Gasteiger partial charge in [-0.15, -0.1) is 11.3 Å². The van der Waals surface area contributed by atoms with E-state index < -0.39 is 9.84 Å². The number of carbonyl (C=O) groups is 1. The van der Waals surface area contributed by atoms with Gasteiger partial charge in [-0.05, 0) is 37.3 Å². The lowest BCUT2D eigenvalue weighted by Gasteiger charge is -2.20. The summed E-state index contributed by atoms with van der Waals surface area (Å²) in [6.45, 7) is 5.60. The molecule has 0 bridgehead atoms. The maximum absolute atomic E-state index is 13.3. The number of carbonyl (C=O) groups excluding carboxylic acids is 1. The van der Waals surface area contributed by atoms with Crippen LogP contribution in [0.25, 0.3) is 10.2 Å². The third-order valence-corrected chi connectivity index (χ3v) is 8.72. The van der Waals surface area contributed by atoms with Crippen molar-refractivity contribution in [1.29, 1.82) is 0 Å². The van der Waals surface area contributed by atoms with Crippen molar-refractivity contribution in [2.75, 3.05) is 29.9 Å². The number of hydrogen-bond acceptors (Lipinski definition) is 7. The predicted octanol–water partition coefficient (Wildman–Crippen LogP) is 3.51. The van der Waals surface area contributed by atoms with E-state index in [0.717, 1.165) is 21.3 Å². The van der Waals surface area contributed by atoms with Gasteiger partial charge in [0.2, 0.25) is 0 Å². The first kappa shape index (κ1) is 21.7. The number of hydrogen-bond donors (Lipinski definition) is 1. The molecule has 0 aliphatic carbocycles. The topological polar surface area (TPSA) is 92.3 Å². The summed E-state index contributed by atoms with van der Waals surface area (Å²) in [5.74, 6) is 1.19. The van der Waals surface area contributed by atoms with Crippen molar-refractivity contribution in [2.24, 2.45) is 5.92 Å². The Bertz CT molecular complexity index is 1190. The largest absolute Gasteiger partial charge is 0.369 e. The van der Waals surface area contributed by atoms with Crippen molar-refractivity contribution < 1.29 is 13.2 Å². The Hall–Kier alpha value is -2.52. The van der Waals surface area contributed by atoms with Gasteiger partial charge in [0.25, 0.3) is 5.91 Å². The SMILES string of the molecule is CCN(Cc1ccccc1)C(=O)c1sc2ncnc(NCC3CCS(=O)(=O)C3)c2c1C. The average Bonchev–Trinajstić information content (AvgIpc) is 3.30. The highest BCUT2D eigenvalue weighted by Crippen LogP contribution is 2.34. The molecule has 2 aromatic heterocycles. The fraction of sp³-hybridized carbons (Fsp3) is 0.409. The maximum atomic E-state index is 13.3. The zero-order chi connectivity index (χ0) is 22.0. The van der Waals surface area contributed by atoms with E-state index >= 15 is 0 Å². The molecule has 1 unspecified atom stereocenters. The smallest absolute Gasteiger partial charge is 0.264 e. The normalized spacial score (nSPS) is 17.7. The zero-order valence-electron chi connectivity index (χ0n) is 17.7. The molecule has 164 valence electrons. The van der Waals surface area contributed by atoms with Crippen LogP contribution in [-0.4, -0.2) is 53.8 Å². The summed E-state index contributed by atoms with van der Waals surface area (Å²) in [6.07, 6.45) is 2.16. The van der Waals surface area contributed by atoms with Crippen LogP contribution in [0.3, 0.4) is 0 Å². The molecule has 7 nitrogen and oxygen atoms in total. The Kier molecular flexibility index (Phi) is 6.24. The van der Waals surface area contributed by atoms with Gasteiger partial charge in [-0.1, -0.05) is 30.3 Å². The molecule has 1 atom stereocenters. The van der Waals surface area contributed by atoms with Crippen LogP contribution in [-0.2, 0) is 16.4 Å². The molecular formula is C22H26N4O3S2. The number of nitrogens with one attached hydrogen (secondary N) is 1. The summed E-state index contributed by atoms with van der Waals surface area (Å²) in [6, 6.07) is 9.95.